The van der Waals surface area contributed by atoms with Gasteiger partial charge in [-0.25, -0.2) is 8.42 Å². The van der Waals surface area contributed by atoms with Crippen LogP contribution in [0, 0.1) is 22.7 Å². The van der Waals surface area contributed by atoms with Crippen LogP contribution in [0.1, 0.15) is 90.1 Å². The Morgan fingerprint density at radius 1 is 0.386 bits per heavy atom. The highest BCUT2D eigenvalue weighted by molar-refractivity contribution is 7.91. The Balaban J connectivity index is 1.41. The highest BCUT2D eigenvalue weighted by Gasteiger charge is 2.31. The van der Waals surface area contributed by atoms with Crippen molar-refractivity contribution in [2.45, 2.75) is 88.3 Å². The number of sulfone groups is 1. The van der Waals surface area contributed by atoms with E-state index in [-0.39, 0.29) is 37.2 Å². The molecular weight excluding hydrogens is 879 g/mol. The van der Waals surface area contributed by atoms with Crippen LogP contribution >= 0.6 is 0 Å². The molecule has 344 valence electrons. The zero-order chi connectivity index (χ0) is 49.2. The van der Waals surface area contributed by atoms with Gasteiger partial charge in [0.25, 0.3) is 0 Å². The lowest BCUT2D eigenvalue weighted by molar-refractivity contribution is 0.591. The highest BCUT2D eigenvalue weighted by atomic mass is 32.2. The monoisotopic (exact) mass is 931 g/mol. The van der Waals surface area contributed by atoms with Gasteiger partial charge in [-0.2, -0.15) is 10.5 Å². The largest absolute Gasteiger partial charge is 0.308 e. The number of hydrogen-bond donors (Lipinski definition) is 0. The summed E-state index contributed by atoms with van der Waals surface area (Å²) in [6.07, 6.45) is 0. The first kappa shape index (κ1) is 44.6. The predicted molar refractivity (Wildman–Crippen MR) is 287 cm³/mol. The molecule has 3 heterocycles. The van der Waals surface area contributed by atoms with Gasteiger partial charge in [-0.05, 0) is 136 Å². The molecule has 8 aromatic carbocycles. The molecule has 0 N–H and O–H groups in total. The van der Waals surface area contributed by atoms with Crippen LogP contribution in [0.15, 0.2) is 168 Å². The number of para-hydroxylation sites is 2. The molecule has 0 aliphatic carbocycles. The molecule has 0 radical (unpaired) electrons. The van der Waals surface area contributed by atoms with Crippen LogP contribution in [0.25, 0.3) is 82.5 Å². The molecule has 0 fully saturated rings. The summed E-state index contributed by atoms with van der Waals surface area (Å²) < 4.78 is 36.0. The predicted octanol–water partition coefficient (Wildman–Crippen LogP) is 15.4. The van der Waals surface area contributed by atoms with E-state index in [9.17, 15) is 18.9 Å². The second kappa shape index (κ2) is 15.6. The van der Waals surface area contributed by atoms with E-state index < -0.39 is 9.84 Å². The Kier molecular flexibility index (Phi) is 9.91. The van der Waals surface area contributed by atoms with Crippen molar-refractivity contribution in [2.24, 2.45) is 0 Å². The molecule has 0 saturated heterocycles. The summed E-state index contributed by atoms with van der Waals surface area (Å²) in [7, 11) is -4.12. The van der Waals surface area contributed by atoms with E-state index in [2.05, 4.69) is 191 Å². The van der Waals surface area contributed by atoms with E-state index >= 15 is 0 Å². The Morgan fingerprint density at radius 3 is 1.03 bits per heavy atom. The van der Waals surface area contributed by atoms with E-state index in [4.69, 9.17) is 0 Å². The second-order valence-corrected chi connectivity index (χ2v) is 23.7. The average molecular weight is 932 g/mol. The highest BCUT2D eigenvalue weighted by Crippen LogP contribution is 2.51. The molecule has 0 unspecified atom stereocenters. The minimum Gasteiger partial charge on any atom is -0.308 e. The van der Waals surface area contributed by atoms with Gasteiger partial charge in [0.1, 0.15) is 0 Å². The fraction of sp³-hybridized carbons (Fsp3) is 0.194. The summed E-state index contributed by atoms with van der Waals surface area (Å²) in [5.74, 6) is 0. The zero-order valence-corrected chi connectivity index (χ0v) is 41.8. The van der Waals surface area contributed by atoms with Gasteiger partial charge in [-0.1, -0.05) is 117 Å². The van der Waals surface area contributed by atoms with E-state index in [1.807, 2.05) is 24.3 Å². The molecular formula is C62H53N5O2S. The van der Waals surface area contributed by atoms with Crippen LogP contribution in [0.3, 0.4) is 0 Å². The lowest BCUT2D eigenvalue weighted by Gasteiger charge is -2.19. The topological polar surface area (TPSA) is 96.5 Å². The van der Waals surface area contributed by atoms with Crippen molar-refractivity contribution in [2.75, 3.05) is 0 Å². The van der Waals surface area contributed by atoms with Crippen LogP contribution in [-0.2, 0) is 26.1 Å². The normalized spacial score (nSPS) is 12.7. The molecule has 7 nitrogen and oxygen atoms in total. The third-order valence-electron chi connectivity index (χ3n) is 14.1. The molecule has 0 saturated carbocycles. The van der Waals surface area contributed by atoms with Crippen LogP contribution in [0.5, 0.6) is 0 Å². The molecule has 0 bridgehead atoms. The van der Waals surface area contributed by atoms with Crippen molar-refractivity contribution < 1.29 is 8.42 Å². The van der Waals surface area contributed by atoms with E-state index in [1.54, 1.807) is 12.1 Å². The minimum absolute atomic E-state index is 0.0629. The molecule has 0 aliphatic rings. The summed E-state index contributed by atoms with van der Waals surface area (Å²) in [6, 6.07) is 57.3. The maximum atomic E-state index is 14.4. The van der Waals surface area contributed by atoms with Crippen LogP contribution in [-0.4, -0.2) is 22.1 Å². The number of benzene rings is 8. The van der Waals surface area contributed by atoms with Crippen molar-refractivity contribution in [3.05, 3.63) is 186 Å². The SMILES string of the molecule is CC(C)(C)c1ccc2c(c1)c1c(c3c4cc(C(C)(C)C)ccc4n(-c4ccc(S(=O)(=O)c5cc(C#N)cc(C#N)c5)cc4)c3c3c4cc(C(C)(C)C)ccc4n(-c4ccccc4)c13)n2-c1ccccc1. The lowest BCUT2D eigenvalue weighted by Crippen LogP contribution is -2.10. The number of nitrogens with zero attached hydrogens (tertiary/aromatic N) is 5. The average Bonchev–Trinajstić information content (AvgIpc) is 3.98. The molecule has 3 aromatic heterocycles. The number of aromatic nitrogens is 3. The number of nitriles is 2. The minimum atomic E-state index is -4.12. The van der Waals surface area contributed by atoms with Gasteiger partial charge in [0.05, 0.1) is 66.2 Å². The van der Waals surface area contributed by atoms with Gasteiger partial charge in [-0.15, -0.1) is 0 Å². The first-order valence-corrected chi connectivity index (χ1v) is 25.3. The smallest absolute Gasteiger partial charge is 0.206 e. The first-order valence-electron chi connectivity index (χ1n) is 23.8. The molecule has 8 heteroatoms. The van der Waals surface area contributed by atoms with Gasteiger partial charge in [0.2, 0.25) is 9.84 Å². The molecule has 11 aromatic rings. The Hall–Kier alpha value is -7.91. The fourth-order valence-corrected chi connectivity index (χ4v) is 11.8. The lowest BCUT2D eigenvalue weighted by atomic mass is 9.85. The molecule has 0 aliphatic heterocycles. The van der Waals surface area contributed by atoms with Gasteiger partial charge >= 0.3 is 0 Å². The molecule has 0 spiro atoms. The third kappa shape index (κ3) is 6.84. The number of hydrogen-bond acceptors (Lipinski definition) is 4. The fourth-order valence-electron chi connectivity index (χ4n) is 10.5. The summed E-state index contributed by atoms with van der Waals surface area (Å²) in [5.41, 5.74) is 12.7. The van der Waals surface area contributed by atoms with Gasteiger partial charge in [0.15, 0.2) is 0 Å². The molecule has 11 rings (SSSR count). The van der Waals surface area contributed by atoms with Crippen molar-refractivity contribution in [3.8, 4) is 29.2 Å². The summed E-state index contributed by atoms with van der Waals surface area (Å²) in [6.45, 7) is 20.4. The summed E-state index contributed by atoms with van der Waals surface area (Å²) >= 11 is 0. The Morgan fingerprint density at radius 2 is 0.714 bits per heavy atom. The molecule has 70 heavy (non-hydrogen) atoms. The summed E-state index contributed by atoms with van der Waals surface area (Å²) in [4.78, 5) is -0.0360. The Labute approximate surface area is 409 Å². The molecule has 0 amide bonds. The zero-order valence-electron chi connectivity index (χ0n) is 41.0. The second-order valence-electron chi connectivity index (χ2n) is 21.8. The van der Waals surface area contributed by atoms with Crippen molar-refractivity contribution in [3.63, 3.8) is 0 Å². The van der Waals surface area contributed by atoms with E-state index in [0.29, 0.717) is 0 Å². The van der Waals surface area contributed by atoms with Crippen LogP contribution in [0.2, 0.25) is 0 Å². The summed E-state index contributed by atoms with van der Waals surface area (Å²) in [5, 5.41) is 26.2. The van der Waals surface area contributed by atoms with Crippen molar-refractivity contribution in [1.29, 1.82) is 10.5 Å². The van der Waals surface area contributed by atoms with Gasteiger partial charge in [0, 0.05) is 49.4 Å². The Bertz CT molecular complexity index is 4070. The van der Waals surface area contributed by atoms with E-state index in [0.717, 1.165) is 82.5 Å². The first-order chi connectivity index (χ1) is 33.3. The van der Waals surface area contributed by atoms with Crippen molar-refractivity contribution >= 4 is 75.3 Å². The maximum absolute atomic E-state index is 14.4. The van der Waals surface area contributed by atoms with Crippen molar-refractivity contribution in [1.82, 2.24) is 13.7 Å². The standard InChI is InChI=1S/C62H53N5O2S/c1-60(2,3)40-20-27-51-48(33-40)54-57-55(49-34-41(61(4,5)6)21-28-52(49)66(57)44-18-14-11-15-19-44)59-56(58(54)65(51)43-16-12-10-13-17-43)50-35-42(62(7,8)9)22-29-53(50)67(59)45-23-25-46(26-24-45)70(68,69)47-31-38(36-63)30-39(32-47)37-64/h10-35H,1-9H3. The van der Waals surface area contributed by atoms with Gasteiger partial charge in [-0.3, -0.25) is 0 Å². The molecule has 0 atom stereocenters. The number of rotatable bonds is 5. The van der Waals surface area contributed by atoms with Crippen LogP contribution < -0.4 is 0 Å². The maximum Gasteiger partial charge on any atom is 0.206 e. The van der Waals surface area contributed by atoms with Gasteiger partial charge < -0.3 is 13.7 Å². The third-order valence-corrected chi connectivity index (χ3v) is 15.9. The van der Waals surface area contributed by atoms with E-state index in [1.165, 1.54) is 34.9 Å². The van der Waals surface area contributed by atoms with Crippen LogP contribution in [0.4, 0.5) is 0 Å². The quantitative estimate of drug-likeness (QED) is 0.172. The number of fused-ring (bicyclic) bond motifs is 12.